The molecule has 5 rings (SSSR count). The summed E-state index contributed by atoms with van der Waals surface area (Å²) in [6, 6.07) is 10.0. The minimum absolute atomic E-state index is 0.0523. The van der Waals surface area contributed by atoms with Gasteiger partial charge >= 0.3 is 0 Å². The van der Waals surface area contributed by atoms with Crippen LogP contribution in [0.1, 0.15) is 0 Å². The van der Waals surface area contributed by atoms with Gasteiger partial charge in [-0.05, 0) is 36.4 Å². The summed E-state index contributed by atoms with van der Waals surface area (Å²) in [5.74, 6) is -0.441. The summed E-state index contributed by atoms with van der Waals surface area (Å²) < 4.78 is 15.1. The molecule has 5 nitrogen and oxygen atoms in total. The number of fused-ring (bicyclic) bond motifs is 2. The predicted molar refractivity (Wildman–Crippen MR) is 109 cm³/mol. The van der Waals surface area contributed by atoms with E-state index in [1.807, 2.05) is 17.0 Å². The van der Waals surface area contributed by atoms with Crippen molar-refractivity contribution in [3.05, 3.63) is 47.2 Å². The summed E-state index contributed by atoms with van der Waals surface area (Å²) in [6.07, 6.45) is 0. The molecule has 2 aromatic carbocycles. The molecule has 1 aliphatic heterocycles. The lowest BCUT2D eigenvalue weighted by Gasteiger charge is -2.37. The molecule has 27 heavy (non-hydrogen) atoms. The number of anilines is 2. The van der Waals surface area contributed by atoms with Gasteiger partial charge in [-0.3, -0.25) is 4.79 Å². The van der Waals surface area contributed by atoms with Crippen molar-refractivity contribution in [1.82, 2.24) is 9.97 Å². The Bertz CT molecular complexity index is 1180. The van der Waals surface area contributed by atoms with Crippen molar-refractivity contribution >= 4 is 70.9 Å². The van der Waals surface area contributed by atoms with Crippen molar-refractivity contribution in [2.45, 2.75) is 0 Å². The molecule has 1 aliphatic rings. The molecule has 9 heteroatoms. The number of aromatic nitrogens is 2. The molecule has 136 valence electrons. The zero-order valence-corrected chi connectivity index (χ0v) is 16.2. The van der Waals surface area contributed by atoms with Gasteiger partial charge < -0.3 is 10.2 Å². The number of nitrogens with zero attached hydrogens (tertiary/aromatic N) is 3. The first-order chi connectivity index (χ1) is 13.0. The number of hydrogen-bond acceptors (Lipinski definition) is 6. The smallest absolute Gasteiger partial charge is 0.232 e. The first-order valence-corrected chi connectivity index (χ1v) is 10.2. The minimum atomic E-state index is -0.268. The number of carbonyl (C=O) groups excluding carboxylic acids is 1. The number of halogens is 2. The molecular weight excluding hydrogens is 407 g/mol. The first kappa shape index (κ1) is 16.9. The van der Waals surface area contributed by atoms with Gasteiger partial charge in [0.2, 0.25) is 5.91 Å². The molecule has 0 radical (unpaired) electrons. The van der Waals surface area contributed by atoms with Crippen LogP contribution < -0.4 is 10.2 Å². The Morgan fingerprint density at radius 3 is 2.70 bits per heavy atom. The third-order valence-corrected chi connectivity index (χ3v) is 6.69. The van der Waals surface area contributed by atoms with Gasteiger partial charge in [-0.1, -0.05) is 34.3 Å². The maximum atomic E-state index is 13.3. The van der Waals surface area contributed by atoms with Crippen molar-refractivity contribution in [2.75, 3.05) is 23.3 Å². The molecule has 0 unspecified atom stereocenters. The van der Waals surface area contributed by atoms with E-state index in [2.05, 4.69) is 15.3 Å². The Labute approximate surface area is 166 Å². The predicted octanol–water partition coefficient (Wildman–Crippen LogP) is 4.77. The number of hydrogen-bond donors (Lipinski definition) is 1. The van der Waals surface area contributed by atoms with Crippen LogP contribution in [-0.2, 0) is 4.79 Å². The van der Waals surface area contributed by atoms with Gasteiger partial charge in [0.1, 0.15) is 5.82 Å². The summed E-state index contributed by atoms with van der Waals surface area (Å²) in [5.41, 5.74) is 1.59. The van der Waals surface area contributed by atoms with Crippen LogP contribution in [0.15, 0.2) is 36.4 Å². The maximum Gasteiger partial charge on any atom is 0.232 e. The molecule has 1 amide bonds. The third kappa shape index (κ3) is 3.13. The topological polar surface area (TPSA) is 58.1 Å². The monoisotopic (exact) mass is 418 g/mol. The standard InChI is InChI=1S/C18H12ClFN4OS2/c19-10-1-3-12-14(5-10)26-17(21-12)23-16(25)9-7-24(8-9)18-22-13-4-2-11(20)6-15(13)27-18/h1-6,9H,7-8H2,(H,21,23,25). The molecule has 1 saturated heterocycles. The van der Waals surface area contributed by atoms with Crippen LogP contribution >= 0.6 is 34.3 Å². The second-order valence-electron chi connectivity index (χ2n) is 6.33. The van der Waals surface area contributed by atoms with E-state index < -0.39 is 0 Å². The maximum absolute atomic E-state index is 13.3. The average molecular weight is 419 g/mol. The van der Waals surface area contributed by atoms with Crippen LogP contribution in [0.5, 0.6) is 0 Å². The van der Waals surface area contributed by atoms with Crippen molar-refractivity contribution < 1.29 is 9.18 Å². The third-order valence-electron chi connectivity index (χ3n) is 4.44. The summed E-state index contributed by atoms with van der Waals surface area (Å²) in [4.78, 5) is 23.4. The molecule has 0 bridgehead atoms. The molecule has 0 atom stereocenters. The van der Waals surface area contributed by atoms with Crippen LogP contribution in [-0.4, -0.2) is 29.0 Å². The highest BCUT2D eigenvalue weighted by atomic mass is 35.5. The number of thiazole rings is 2. The molecular formula is C18H12ClFN4OS2. The van der Waals surface area contributed by atoms with Crippen LogP contribution in [0.25, 0.3) is 20.4 Å². The fraction of sp³-hybridized carbons (Fsp3) is 0.167. The molecule has 2 aromatic heterocycles. The lowest BCUT2D eigenvalue weighted by atomic mass is 10.0. The van der Waals surface area contributed by atoms with E-state index >= 15 is 0 Å². The zero-order chi connectivity index (χ0) is 18.5. The van der Waals surface area contributed by atoms with Gasteiger partial charge in [-0.2, -0.15) is 0 Å². The highest BCUT2D eigenvalue weighted by Gasteiger charge is 2.34. The molecule has 0 spiro atoms. The molecule has 1 fully saturated rings. The van der Waals surface area contributed by atoms with Crippen molar-refractivity contribution in [2.24, 2.45) is 5.92 Å². The van der Waals surface area contributed by atoms with Crippen LogP contribution in [0.3, 0.4) is 0 Å². The Morgan fingerprint density at radius 2 is 1.85 bits per heavy atom. The quantitative estimate of drug-likeness (QED) is 0.520. The summed E-state index contributed by atoms with van der Waals surface area (Å²) in [7, 11) is 0. The van der Waals surface area contributed by atoms with E-state index in [-0.39, 0.29) is 17.6 Å². The van der Waals surface area contributed by atoms with E-state index in [9.17, 15) is 9.18 Å². The highest BCUT2D eigenvalue weighted by Crippen LogP contribution is 2.34. The fourth-order valence-electron chi connectivity index (χ4n) is 2.98. The van der Waals surface area contributed by atoms with E-state index in [1.54, 1.807) is 12.1 Å². The van der Waals surface area contributed by atoms with Gasteiger partial charge in [0, 0.05) is 18.1 Å². The molecule has 4 aromatic rings. The lowest BCUT2D eigenvalue weighted by Crippen LogP contribution is -2.52. The molecule has 3 heterocycles. The Kier molecular flexibility index (Phi) is 3.99. The second kappa shape index (κ2) is 6.40. The van der Waals surface area contributed by atoms with Gasteiger partial charge in [-0.15, -0.1) is 0 Å². The fourth-order valence-corrected chi connectivity index (χ4v) is 5.14. The average Bonchev–Trinajstić information content (AvgIpc) is 3.15. The highest BCUT2D eigenvalue weighted by molar-refractivity contribution is 7.22. The largest absolute Gasteiger partial charge is 0.346 e. The minimum Gasteiger partial charge on any atom is -0.346 e. The Hall–Kier alpha value is -2.29. The van der Waals surface area contributed by atoms with E-state index in [0.717, 1.165) is 25.6 Å². The Morgan fingerprint density at radius 1 is 1.11 bits per heavy atom. The summed E-state index contributed by atoms with van der Waals surface area (Å²) in [5, 5.41) is 4.93. The van der Waals surface area contributed by atoms with Gasteiger partial charge in [0.15, 0.2) is 10.3 Å². The number of carbonyl (C=O) groups is 1. The van der Waals surface area contributed by atoms with Gasteiger partial charge in [0.25, 0.3) is 0 Å². The van der Waals surface area contributed by atoms with Crippen molar-refractivity contribution in [3.63, 3.8) is 0 Å². The van der Waals surface area contributed by atoms with Gasteiger partial charge in [-0.25, -0.2) is 14.4 Å². The molecule has 1 N–H and O–H groups in total. The van der Waals surface area contributed by atoms with Gasteiger partial charge in [0.05, 0.1) is 26.4 Å². The molecule has 0 aliphatic carbocycles. The number of nitrogens with one attached hydrogen (secondary N) is 1. The van der Waals surface area contributed by atoms with Crippen molar-refractivity contribution in [3.8, 4) is 0 Å². The number of rotatable bonds is 3. The van der Waals surface area contributed by atoms with Crippen molar-refractivity contribution in [1.29, 1.82) is 0 Å². The number of amides is 1. The second-order valence-corrected chi connectivity index (χ2v) is 8.81. The van der Waals surface area contributed by atoms with E-state index in [0.29, 0.717) is 23.2 Å². The summed E-state index contributed by atoms with van der Waals surface area (Å²) >= 11 is 8.83. The normalized spacial score (nSPS) is 14.7. The number of benzene rings is 2. The SMILES string of the molecule is O=C(Nc1nc2ccc(Cl)cc2s1)C1CN(c2nc3ccc(F)cc3s2)C1. The summed E-state index contributed by atoms with van der Waals surface area (Å²) in [6.45, 7) is 1.18. The van der Waals surface area contributed by atoms with Crippen LogP contribution in [0.4, 0.5) is 14.7 Å². The lowest BCUT2D eigenvalue weighted by molar-refractivity contribution is -0.120. The van der Waals surface area contributed by atoms with Crippen LogP contribution in [0.2, 0.25) is 5.02 Å². The molecule has 0 saturated carbocycles. The first-order valence-electron chi connectivity index (χ1n) is 8.23. The van der Waals surface area contributed by atoms with Crippen LogP contribution in [0, 0.1) is 11.7 Å². The van der Waals surface area contributed by atoms with E-state index in [1.165, 1.54) is 34.8 Å². The Balaban J connectivity index is 1.25. The van der Waals surface area contributed by atoms with E-state index in [4.69, 9.17) is 11.6 Å². The zero-order valence-electron chi connectivity index (χ0n) is 13.8.